The number of benzene rings is 2. The molecule has 9 nitrogen and oxygen atoms in total. The van der Waals surface area contributed by atoms with Crippen LogP contribution in [0.15, 0.2) is 85.5 Å². The lowest BCUT2D eigenvalue weighted by atomic mass is 10.1. The van der Waals surface area contributed by atoms with E-state index < -0.39 is 10.0 Å². The van der Waals surface area contributed by atoms with Crippen LogP contribution in [0, 0.1) is 0 Å². The van der Waals surface area contributed by atoms with Crippen LogP contribution in [-0.2, 0) is 16.4 Å². The summed E-state index contributed by atoms with van der Waals surface area (Å²) in [4.78, 5) is 15.0. The van der Waals surface area contributed by atoms with Gasteiger partial charge in [0.2, 0.25) is 0 Å². The van der Waals surface area contributed by atoms with Gasteiger partial charge in [-0.2, -0.15) is 9.19 Å². The Bertz CT molecular complexity index is 1660. The van der Waals surface area contributed by atoms with Crippen molar-refractivity contribution in [2.75, 3.05) is 30.1 Å². The van der Waals surface area contributed by atoms with E-state index in [1.165, 1.54) is 6.33 Å². The van der Waals surface area contributed by atoms with Crippen LogP contribution in [0.2, 0.25) is 0 Å². The van der Waals surface area contributed by atoms with Gasteiger partial charge in [0.15, 0.2) is 0 Å². The highest BCUT2D eigenvalue weighted by Gasteiger charge is 2.17. The number of fused-ring (bicyclic) bond motifs is 2. The lowest BCUT2D eigenvalue weighted by Gasteiger charge is -2.13. The lowest BCUT2D eigenvalue weighted by Crippen LogP contribution is -2.16. The molecule has 5 rings (SSSR count). The number of rotatable bonds is 8. The van der Waals surface area contributed by atoms with Crippen LogP contribution >= 0.6 is 0 Å². The first-order valence-corrected chi connectivity index (χ1v) is 13.0. The molecular formula is C26H25N7O2S. The molecule has 0 fully saturated rings. The normalized spacial score (nSPS) is 11.9. The number of hydrogen-bond donors (Lipinski definition) is 1. The van der Waals surface area contributed by atoms with Crippen LogP contribution in [0.1, 0.15) is 5.56 Å². The molecule has 1 N–H and O–H groups in total. The molecule has 10 heteroatoms. The molecule has 0 spiro atoms. The fourth-order valence-corrected chi connectivity index (χ4v) is 4.99. The average Bonchev–Trinajstić information content (AvgIpc) is 3.31. The minimum Gasteiger partial charge on any atom is -0.363 e. The van der Waals surface area contributed by atoms with E-state index in [4.69, 9.17) is 0 Å². The second-order valence-corrected chi connectivity index (χ2v) is 10.3. The largest absolute Gasteiger partial charge is 0.363 e. The first kappa shape index (κ1) is 23.4. The summed E-state index contributed by atoms with van der Waals surface area (Å²) in [6.45, 7) is 0. The van der Waals surface area contributed by atoms with Gasteiger partial charge in [-0.3, -0.25) is 0 Å². The molecule has 36 heavy (non-hydrogen) atoms. The van der Waals surface area contributed by atoms with Crippen molar-refractivity contribution in [3.8, 4) is 0 Å². The molecule has 5 aromatic rings. The summed E-state index contributed by atoms with van der Waals surface area (Å²) in [7, 11) is 0.142. The van der Waals surface area contributed by atoms with Crippen molar-refractivity contribution in [2.45, 2.75) is 6.42 Å². The molecule has 0 saturated heterocycles. The molecule has 0 saturated carbocycles. The molecule has 3 heterocycles. The molecule has 0 aliphatic carbocycles. The third kappa shape index (κ3) is 4.89. The molecular weight excluding hydrogens is 474 g/mol. The first-order chi connectivity index (χ1) is 17.4. The van der Waals surface area contributed by atoms with Gasteiger partial charge < -0.3 is 10.2 Å². The van der Waals surface area contributed by atoms with Gasteiger partial charge in [0.25, 0.3) is 10.0 Å². The maximum Gasteiger partial charge on any atom is 0.257 e. The maximum absolute atomic E-state index is 13.1. The highest BCUT2D eigenvalue weighted by Crippen LogP contribution is 2.27. The zero-order valence-corrected chi connectivity index (χ0v) is 20.7. The standard InChI is InChI=1S/C26H25N7O2S/c1-32(2)25-15-22-23(17-27-25)28-18-29-26(22)31-21-12-11-20-16-30-33(24(20)14-21)36(34,35)13-7-6-10-19-8-4-3-5-9-19/h3-9,11-12,14-18H,10,13H2,1-2H3,(H,28,29,31). The van der Waals surface area contributed by atoms with E-state index in [1.54, 1.807) is 24.5 Å². The number of allylic oxidation sites excluding steroid dienone is 1. The average molecular weight is 500 g/mol. The van der Waals surface area contributed by atoms with E-state index in [0.717, 1.165) is 26.2 Å². The van der Waals surface area contributed by atoms with Crippen LogP contribution < -0.4 is 10.2 Å². The summed E-state index contributed by atoms with van der Waals surface area (Å²) >= 11 is 0. The van der Waals surface area contributed by atoms with E-state index >= 15 is 0 Å². The Morgan fingerprint density at radius 1 is 0.972 bits per heavy atom. The number of nitrogens with zero attached hydrogens (tertiary/aromatic N) is 6. The monoisotopic (exact) mass is 499 g/mol. The van der Waals surface area contributed by atoms with Gasteiger partial charge >= 0.3 is 0 Å². The summed E-state index contributed by atoms with van der Waals surface area (Å²) in [6.07, 6.45) is 8.93. The van der Waals surface area contributed by atoms with Crippen molar-refractivity contribution in [1.29, 1.82) is 0 Å². The van der Waals surface area contributed by atoms with Crippen LogP contribution in [0.5, 0.6) is 0 Å². The van der Waals surface area contributed by atoms with E-state index in [1.807, 2.05) is 73.6 Å². The molecule has 0 amide bonds. The zero-order chi connectivity index (χ0) is 25.1. The van der Waals surface area contributed by atoms with E-state index in [-0.39, 0.29) is 5.75 Å². The summed E-state index contributed by atoms with van der Waals surface area (Å²) in [5.74, 6) is 1.23. The number of anilines is 3. The van der Waals surface area contributed by atoms with E-state index in [9.17, 15) is 8.42 Å². The summed E-state index contributed by atoms with van der Waals surface area (Å²) in [6, 6.07) is 17.3. The SMILES string of the molecule is CN(C)c1cc2c(Nc3ccc4cnn(S(=O)(=O)CC=CCc5ccccc5)c4c3)ncnc2cn1. The minimum absolute atomic E-state index is 0.148. The van der Waals surface area contributed by atoms with Gasteiger partial charge in [-0.15, -0.1) is 0 Å². The van der Waals surface area contributed by atoms with Crippen LogP contribution in [0.25, 0.3) is 21.8 Å². The van der Waals surface area contributed by atoms with Gasteiger partial charge in [-0.05, 0) is 36.2 Å². The predicted octanol–water partition coefficient (Wildman–Crippen LogP) is 4.16. The third-order valence-corrected chi connectivity index (χ3v) is 7.13. The summed E-state index contributed by atoms with van der Waals surface area (Å²) in [5.41, 5.74) is 3.00. The Morgan fingerprint density at radius 3 is 2.61 bits per heavy atom. The quantitative estimate of drug-likeness (QED) is 0.317. The zero-order valence-electron chi connectivity index (χ0n) is 19.9. The number of pyridine rings is 1. The van der Waals surface area contributed by atoms with Crippen molar-refractivity contribution in [1.82, 2.24) is 24.1 Å². The van der Waals surface area contributed by atoms with Crippen LogP contribution in [-0.4, -0.2) is 52.4 Å². The van der Waals surface area contributed by atoms with Gasteiger partial charge in [0, 0.05) is 30.6 Å². The first-order valence-electron chi connectivity index (χ1n) is 11.4. The summed E-state index contributed by atoms with van der Waals surface area (Å²) in [5, 5.41) is 8.99. The molecule has 0 aliphatic heterocycles. The fraction of sp³-hybridized carbons (Fsp3) is 0.154. The van der Waals surface area contributed by atoms with Crippen molar-refractivity contribution in [3.05, 3.63) is 91.0 Å². The Morgan fingerprint density at radius 2 is 1.81 bits per heavy atom. The van der Waals surface area contributed by atoms with Crippen LogP contribution in [0.3, 0.4) is 0 Å². The van der Waals surface area contributed by atoms with E-state index in [2.05, 4.69) is 25.4 Å². The Hall–Kier alpha value is -4.31. The highest BCUT2D eigenvalue weighted by atomic mass is 32.2. The highest BCUT2D eigenvalue weighted by molar-refractivity contribution is 7.90. The number of nitrogens with one attached hydrogen (secondary N) is 1. The van der Waals surface area contributed by atoms with Crippen LogP contribution in [0.4, 0.5) is 17.3 Å². The maximum atomic E-state index is 13.1. The van der Waals surface area contributed by atoms with Crippen molar-refractivity contribution >= 4 is 49.2 Å². The molecule has 0 radical (unpaired) electrons. The fourth-order valence-electron chi connectivity index (χ4n) is 3.82. The smallest absolute Gasteiger partial charge is 0.257 e. The molecule has 0 bridgehead atoms. The molecule has 3 aromatic heterocycles. The Balaban J connectivity index is 1.41. The van der Waals surface area contributed by atoms with Gasteiger partial charge in [0.05, 0.1) is 29.2 Å². The minimum atomic E-state index is -3.69. The number of hydrogen-bond acceptors (Lipinski definition) is 8. The van der Waals surface area contributed by atoms with Crippen molar-refractivity contribution in [2.24, 2.45) is 0 Å². The molecule has 2 aromatic carbocycles. The second-order valence-electron chi connectivity index (χ2n) is 8.50. The molecule has 0 atom stereocenters. The number of aromatic nitrogens is 5. The van der Waals surface area contributed by atoms with Crippen molar-refractivity contribution < 1.29 is 8.42 Å². The molecule has 0 unspecified atom stereocenters. The van der Waals surface area contributed by atoms with Gasteiger partial charge in [0.1, 0.15) is 18.0 Å². The lowest BCUT2D eigenvalue weighted by molar-refractivity contribution is 0.585. The van der Waals surface area contributed by atoms with Gasteiger partial charge in [-0.1, -0.05) is 42.5 Å². The Kier molecular flexibility index (Phi) is 6.34. The van der Waals surface area contributed by atoms with Gasteiger partial charge in [-0.25, -0.2) is 23.4 Å². The second kappa shape index (κ2) is 9.74. The molecule has 0 aliphatic rings. The summed E-state index contributed by atoms with van der Waals surface area (Å²) < 4.78 is 27.2. The predicted molar refractivity (Wildman–Crippen MR) is 143 cm³/mol. The van der Waals surface area contributed by atoms with E-state index in [0.29, 0.717) is 29.0 Å². The molecule has 182 valence electrons. The topological polar surface area (TPSA) is 106 Å². The Labute approximate surface area is 209 Å². The van der Waals surface area contributed by atoms with Crippen molar-refractivity contribution in [3.63, 3.8) is 0 Å². The third-order valence-electron chi connectivity index (χ3n) is 5.70.